The molecule has 0 spiro atoms. The van der Waals surface area contributed by atoms with Crippen LogP contribution in [0.15, 0.2) is 35.3 Å². The van der Waals surface area contributed by atoms with Crippen molar-refractivity contribution in [3.05, 3.63) is 52.0 Å². The summed E-state index contributed by atoms with van der Waals surface area (Å²) in [5.74, 6) is 0.329. The molecule has 1 N–H and O–H groups in total. The van der Waals surface area contributed by atoms with Crippen LogP contribution in [-0.4, -0.2) is 17.9 Å². The van der Waals surface area contributed by atoms with Gasteiger partial charge in [-0.25, -0.2) is 0 Å². The smallest absolute Gasteiger partial charge is 0.176 e. The van der Waals surface area contributed by atoms with Crippen molar-refractivity contribution in [3.63, 3.8) is 0 Å². The molecule has 2 rings (SSSR count). The number of hydrogen-bond donors (Lipinski definition) is 1. The van der Waals surface area contributed by atoms with Crippen LogP contribution in [0.1, 0.15) is 23.6 Å². The van der Waals surface area contributed by atoms with Crippen LogP contribution < -0.4 is 4.74 Å². The zero-order valence-corrected chi connectivity index (χ0v) is 13.1. The highest BCUT2D eigenvalue weighted by Gasteiger charge is 2.08. The number of nitrogens with zero attached hydrogens (tertiary/aromatic N) is 1. The molecule has 0 saturated heterocycles. The lowest BCUT2D eigenvalue weighted by Gasteiger charge is -2.08. The number of halogens is 1. The number of hydrogen-bond acceptors (Lipinski definition) is 3. The molecule has 0 radical (unpaired) electrons. The van der Waals surface area contributed by atoms with Crippen molar-refractivity contribution >= 4 is 23.5 Å². The fourth-order valence-corrected chi connectivity index (χ4v) is 2.17. The minimum absolute atomic E-state index is 0.0394. The first-order valence-corrected chi connectivity index (χ1v) is 7.16. The Morgan fingerprint density at radius 1 is 1.29 bits per heavy atom. The summed E-state index contributed by atoms with van der Waals surface area (Å²) < 4.78 is 5.36. The summed E-state index contributed by atoms with van der Waals surface area (Å²) in [6.07, 6.45) is 1.72. The van der Waals surface area contributed by atoms with Crippen LogP contribution in [-0.2, 0) is 0 Å². The first kappa shape index (κ1) is 15.4. The summed E-state index contributed by atoms with van der Waals surface area (Å²) in [5.41, 5.74) is 4.03. The molecule has 0 aliphatic carbocycles. The number of phenolic OH excluding ortho intramolecular Hbond substituents is 1. The fraction of sp³-hybridized carbons (Fsp3) is 0.235. The van der Waals surface area contributed by atoms with Gasteiger partial charge in [0.2, 0.25) is 0 Å². The Morgan fingerprint density at radius 3 is 2.76 bits per heavy atom. The molecule has 21 heavy (non-hydrogen) atoms. The van der Waals surface area contributed by atoms with E-state index < -0.39 is 0 Å². The van der Waals surface area contributed by atoms with E-state index in [2.05, 4.69) is 18.0 Å². The van der Waals surface area contributed by atoms with Crippen LogP contribution in [0.25, 0.3) is 0 Å². The summed E-state index contributed by atoms with van der Waals surface area (Å²) in [7, 11) is 0. The summed E-state index contributed by atoms with van der Waals surface area (Å²) in [5, 5.41) is 10.1. The molecular weight excluding hydrogens is 286 g/mol. The standard InChI is InChI=1S/C17H18ClNO2/c1-4-21-16-9-13(8-14(18)17(16)20)10-19-15-7-5-6-11(2)12(15)3/h5-10,20H,4H2,1-3H3. The van der Waals surface area contributed by atoms with Crippen LogP contribution in [0, 0.1) is 13.8 Å². The molecular formula is C17H18ClNO2. The molecule has 0 aliphatic heterocycles. The van der Waals surface area contributed by atoms with E-state index in [1.54, 1.807) is 18.3 Å². The largest absolute Gasteiger partial charge is 0.503 e. The minimum atomic E-state index is -0.0394. The Kier molecular flexibility index (Phi) is 4.86. The van der Waals surface area contributed by atoms with E-state index in [4.69, 9.17) is 16.3 Å². The number of phenols is 1. The average molecular weight is 304 g/mol. The second kappa shape index (κ2) is 6.64. The van der Waals surface area contributed by atoms with E-state index in [9.17, 15) is 5.11 Å². The van der Waals surface area contributed by atoms with Gasteiger partial charge in [-0.3, -0.25) is 4.99 Å². The summed E-state index contributed by atoms with van der Waals surface area (Å²) in [4.78, 5) is 4.49. The molecule has 0 aliphatic rings. The topological polar surface area (TPSA) is 41.8 Å². The molecule has 0 bridgehead atoms. The molecule has 0 amide bonds. The lowest BCUT2D eigenvalue weighted by atomic mass is 10.1. The molecule has 3 nitrogen and oxygen atoms in total. The van der Waals surface area contributed by atoms with Crippen LogP contribution in [0.5, 0.6) is 11.5 Å². The molecule has 2 aromatic rings. The van der Waals surface area contributed by atoms with Gasteiger partial charge in [-0.1, -0.05) is 23.7 Å². The van der Waals surface area contributed by atoms with Crippen molar-refractivity contribution in [2.45, 2.75) is 20.8 Å². The molecule has 0 unspecified atom stereocenters. The van der Waals surface area contributed by atoms with Gasteiger partial charge in [-0.15, -0.1) is 0 Å². The average Bonchev–Trinajstić information content (AvgIpc) is 2.46. The summed E-state index contributed by atoms with van der Waals surface area (Å²) in [6, 6.07) is 9.38. The van der Waals surface area contributed by atoms with Gasteiger partial charge >= 0.3 is 0 Å². The number of ether oxygens (including phenoxy) is 1. The Hall–Kier alpha value is -2.00. The highest BCUT2D eigenvalue weighted by Crippen LogP contribution is 2.35. The highest BCUT2D eigenvalue weighted by atomic mass is 35.5. The van der Waals surface area contributed by atoms with E-state index in [1.807, 2.05) is 26.0 Å². The van der Waals surface area contributed by atoms with Crippen LogP contribution >= 0.6 is 11.6 Å². The van der Waals surface area contributed by atoms with E-state index in [0.717, 1.165) is 16.8 Å². The Morgan fingerprint density at radius 2 is 2.05 bits per heavy atom. The van der Waals surface area contributed by atoms with Gasteiger partial charge < -0.3 is 9.84 Å². The van der Waals surface area contributed by atoms with Crippen LogP contribution in [0.2, 0.25) is 5.02 Å². The van der Waals surface area contributed by atoms with Gasteiger partial charge in [0.15, 0.2) is 11.5 Å². The van der Waals surface area contributed by atoms with Gasteiger partial charge in [0.1, 0.15) is 0 Å². The minimum Gasteiger partial charge on any atom is -0.503 e. The molecule has 2 aromatic carbocycles. The van der Waals surface area contributed by atoms with E-state index in [-0.39, 0.29) is 10.8 Å². The lowest BCUT2D eigenvalue weighted by Crippen LogP contribution is -1.94. The van der Waals surface area contributed by atoms with Gasteiger partial charge in [0, 0.05) is 6.21 Å². The predicted molar refractivity (Wildman–Crippen MR) is 87.5 cm³/mol. The van der Waals surface area contributed by atoms with Gasteiger partial charge in [-0.05, 0) is 55.7 Å². The van der Waals surface area contributed by atoms with Crippen molar-refractivity contribution < 1.29 is 9.84 Å². The number of benzene rings is 2. The van der Waals surface area contributed by atoms with E-state index in [1.165, 1.54) is 5.56 Å². The highest BCUT2D eigenvalue weighted by molar-refractivity contribution is 6.32. The Bertz CT molecular complexity index is 681. The first-order valence-electron chi connectivity index (χ1n) is 6.78. The van der Waals surface area contributed by atoms with Crippen molar-refractivity contribution in [2.75, 3.05) is 6.61 Å². The normalized spacial score (nSPS) is 11.0. The Balaban J connectivity index is 2.35. The number of rotatable bonds is 4. The number of aliphatic imine (C=N–C) groups is 1. The maximum Gasteiger partial charge on any atom is 0.176 e. The fourth-order valence-electron chi connectivity index (χ4n) is 1.95. The molecule has 0 aromatic heterocycles. The number of aryl methyl sites for hydroxylation is 1. The SMILES string of the molecule is CCOc1cc(C=Nc2cccc(C)c2C)cc(Cl)c1O. The Labute approximate surface area is 129 Å². The summed E-state index contributed by atoms with van der Waals surface area (Å²) >= 11 is 6.00. The molecule has 0 saturated carbocycles. The van der Waals surface area contributed by atoms with Gasteiger partial charge in [-0.2, -0.15) is 0 Å². The zero-order valence-electron chi connectivity index (χ0n) is 12.4. The first-order chi connectivity index (χ1) is 10.0. The summed E-state index contributed by atoms with van der Waals surface area (Å²) in [6.45, 7) is 6.40. The third kappa shape index (κ3) is 3.56. The van der Waals surface area contributed by atoms with Crippen LogP contribution in [0.4, 0.5) is 5.69 Å². The van der Waals surface area contributed by atoms with Crippen molar-refractivity contribution in [2.24, 2.45) is 4.99 Å². The second-order valence-electron chi connectivity index (χ2n) is 4.76. The van der Waals surface area contributed by atoms with E-state index >= 15 is 0 Å². The predicted octanol–water partition coefficient (Wildman–Crippen LogP) is 4.81. The van der Waals surface area contributed by atoms with Crippen molar-refractivity contribution in [1.29, 1.82) is 0 Å². The molecule has 0 fully saturated rings. The molecule has 0 atom stereocenters. The van der Waals surface area contributed by atoms with Gasteiger partial charge in [0.25, 0.3) is 0 Å². The zero-order chi connectivity index (χ0) is 15.4. The molecule has 0 heterocycles. The monoisotopic (exact) mass is 303 g/mol. The third-order valence-electron chi connectivity index (χ3n) is 3.28. The van der Waals surface area contributed by atoms with Crippen LogP contribution in [0.3, 0.4) is 0 Å². The maximum atomic E-state index is 9.82. The molecule has 110 valence electrons. The number of aromatic hydroxyl groups is 1. The maximum absolute atomic E-state index is 9.82. The lowest BCUT2D eigenvalue weighted by molar-refractivity contribution is 0.318. The quantitative estimate of drug-likeness (QED) is 0.823. The third-order valence-corrected chi connectivity index (χ3v) is 3.57. The van der Waals surface area contributed by atoms with Crippen molar-refractivity contribution in [1.82, 2.24) is 0 Å². The second-order valence-corrected chi connectivity index (χ2v) is 5.17. The van der Waals surface area contributed by atoms with E-state index in [0.29, 0.717) is 12.4 Å². The van der Waals surface area contributed by atoms with Crippen molar-refractivity contribution in [3.8, 4) is 11.5 Å². The molecule has 4 heteroatoms. The van der Waals surface area contributed by atoms with Gasteiger partial charge in [0.05, 0.1) is 17.3 Å².